The second kappa shape index (κ2) is 18.0. The zero-order valence-electron chi connectivity index (χ0n) is 30.5. The number of allylic oxidation sites excluding steroid dienone is 4. The van der Waals surface area contributed by atoms with Crippen LogP contribution in [0.15, 0.2) is 120 Å². The molecule has 1 aliphatic carbocycles. The van der Waals surface area contributed by atoms with Gasteiger partial charge in [0, 0.05) is 0 Å². The van der Waals surface area contributed by atoms with Gasteiger partial charge in [-0.25, -0.2) is 11.6 Å². The molecule has 0 atom stereocenters. The average Bonchev–Trinajstić information content (AvgIpc) is 3.67. The van der Waals surface area contributed by atoms with Crippen LogP contribution in [0.1, 0.15) is 97.9 Å². The van der Waals surface area contributed by atoms with Gasteiger partial charge in [-0.3, -0.25) is 6.08 Å². The fraction of sp³-hybridized carbons (Fsp3) is 0.333. The van der Waals surface area contributed by atoms with Gasteiger partial charge in [0.2, 0.25) is 0 Å². The first-order chi connectivity index (χ1) is 21.6. The van der Waals surface area contributed by atoms with Crippen LogP contribution in [0.5, 0.6) is 0 Å². The van der Waals surface area contributed by atoms with Crippen LogP contribution in [0.4, 0.5) is 0 Å². The van der Waals surface area contributed by atoms with Crippen LogP contribution in [-0.2, 0) is 35.1 Å². The van der Waals surface area contributed by atoms with Crippen LogP contribution in [0.25, 0.3) is 21.5 Å². The zero-order chi connectivity index (χ0) is 33.6. The standard InChI is InChI=1S/C21H25.C13H10.C11H17.2ClH.Zr/c1-20(2,3)16-7-9-18-14(12-16)11-15-13-17(21(4,5)6)8-10-19(15)18;1-3-7-12(8-4-1)11-13-9-5-2-6-10-13;1-8(2)10-5-6-11(7-10)9(3)4;;;/h7-13H,1-6H3;1-10H;7-9H,5H2,1-4H3;2*1H;/q-1;;-1;;;+2/p-2. The average molecular weight is 755 g/mol. The molecule has 0 radical (unpaired) electrons. The Hall–Kier alpha value is -2.44. The fourth-order valence-corrected chi connectivity index (χ4v) is 6.40. The summed E-state index contributed by atoms with van der Waals surface area (Å²) in [4.78, 5) is 0. The second-order valence-corrected chi connectivity index (χ2v) is 16.4. The van der Waals surface area contributed by atoms with E-state index in [1.165, 1.54) is 82.4 Å². The Morgan fingerprint density at radius 1 is 0.625 bits per heavy atom. The van der Waals surface area contributed by atoms with Crippen molar-refractivity contribution in [1.29, 1.82) is 0 Å². The SMILES string of the molecule is CC(C)(C)c1ccc2c(c1)[cH-]c1cc(C(C)(C)C)ccc12.CC(C)C1=[C-]CC(C(C)C)=C1.[Cl-].[Cl-].[Zr+2]=[C](c1ccccc1)c1ccccc1. The van der Waals surface area contributed by atoms with Crippen LogP contribution >= 0.6 is 0 Å². The molecule has 0 aliphatic heterocycles. The number of hydrogen-bond donors (Lipinski definition) is 0. The van der Waals surface area contributed by atoms with Gasteiger partial charge >= 0.3 is 99.2 Å². The molecule has 6 rings (SSSR count). The number of hydrogen-bond acceptors (Lipinski definition) is 0. The van der Waals surface area contributed by atoms with Gasteiger partial charge in [-0.05, 0) is 16.7 Å². The molecule has 0 spiro atoms. The van der Waals surface area contributed by atoms with E-state index in [9.17, 15) is 0 Å². The second-order valence-electron chi connectivity index (χ2n) is 15.2. The Morgan fingerprint density at radius 3 is 1.35 bits per heavy atom. The summed E-state index contributed by atoms with van der Waals surface area (Å²) in [7, 11) is 0. The molecule has 0 fully saturated rings. The first kappa shape index (κ1) is 41.7. The Kier molecular flexibility index (Phi) is 15.6. The van der Waals surface area contributed by atoms with Crippen molar-refractivity contribution in [2.24, 2.45) is 11.8 Å². The van der Waals surface area contributed by atoms with Crippen molar-refractivity contribution in [3.05, 3.63) is 149 Å². The van der Waals surface area contributed by atoms with E-state index < -0.39 is 0 Å². The quantitative estimate of drug-likeness (QED) is 0.185. The van der Waals surface area contributed by atoms with E-state index in [4.69, 9.17) is 0 Å². The summed E-state index contributed by atoms with van der Waals surface area (Å²) in [6, 6.07) is 37.3. The molecule has 0 unspecified atom stereocenters. The third kappa shape index (κ3) is 11.0. The van der Waals surface area contributed by atoms with Crippen molar-refractivity contribution in [1.82, 2.24) is 0 Å². The van der Waals surface area contributed by atoms with E-state index in [1.807, 2.05) is 0 Å². The van der Waals surface area contributed by atoms with Gasteiger partial charge in [0.25, 0.3) is 0 Å². The normalized spacial score (nSPS) is 12.7. The molecule has 0 N–H and O–H groups in total. The fourth-order valence-electron chi connectivity index (χ4n) is 5.58. The monoisotopic (exact) mass is 752 g/mol. The Labute approximate surface area is 318 Å². The molecule has 5 aromatic rings. The predicted molar refractivity (Wildman–Crippen MR) is 200 cm³/mol. The van der Waals surface area contributed by atoms with Crippen molar-refractivity contribution in [2.45, 2.75) is 86.5 Å². The van der Waals surface area contributed by atoms with E-state index in [2.05, 4.69) is 185 Å². The van der Waals surface area contributed by atoms with Crippen LogP contribution < -0.4 is 24.8 Å². The van der Waals surface area contributed by atoms with Crippen molar-refractivity contribution >= 4 is 24.8 Å². The summed E-state index contributed by atoms with van der Waals surface area (Å²) in [5, 5.41) is 5.48. The Bertz CT molecular complexity index is 1710. The van der Waals surface area contributed by atoms with Gasteiger partial charge in [0.05, 0.1) is 0 Å². The maximum atomic E-state index is 3.41. The number of halogens is 2. The topological polar surface area (TPSA) is 0 Å². The summed E-state index contributed by atoms with van der Waals surface area (Å²) >= 11 is 1.46. The molecule has 0 amide bonds. The molecule has 3 heteroatoms. The van der Waals surface area contributed by atoms with Crippen LogP contribution in [-0.4, -0.2) is 3.21 Å². The first-order valence-electron chi connectivity index (χ1n) is 16.8. The first-order valence-corrected chi connectivity index (χ1v) is 18.0. The molecular weight excluding hydrogens is 703 g/mol. The molecule has 0 saturated carbocycles. The van der Waals surface area contributed by atoms with Crippen LogP contribution in [0, 0.1) is 17.9 Å². The summed E-state index contributed by atoms with van der Waals surface area (Å²) in [5.74, 6) is 1.34. The molecule has 0 bridgehead atoms. The summed E-state index contributed by atoms with van der Waals surface area (Å²) in [6.07, 6.45) is 6.79. The van der Waals surface area contributed by atoms with Gasteiger partial charge < -0.3 is 24.8 Å². The Morgan fingerprint density at radius 2 is 1.04 bits per heavy atom. The van der Waals surface area contributed by atoms with Crippen molar-refractivity contribution in [3.63, 3.8) is 0 Å². The van der Waals surface area contributed by atoms with Gasteiger partial charge in [-0.2, -0.15) is 5.57 Å². The minimum atomic E-state index is 0. The maximum absolute atomic E-state index is 3.41. The molecule has 0 nitrogen and oxygen atoms in total. The van der Waals surface area contributed by atoms with Crippen molar-refractivity contribution in [2.75, 3.05) is 0 Å². The van der Waals surface area contributed by atoms with Gasteiger partial charge in [0.15, 0.2) is 0 Å². The molecule has 0 saturated heterocycles. The van der Waals surface area contributed by atoms with Gasteiger partial charge in [-0.1, -0.05) is 111 Å². The van der Waals surface area contributed by atoms with E-state index in [0.717, 1.165) is 6.42 Å². The van der Waals surface area contributed by atoms with Crippen molar-refractivity contribution in [3.8, 4) is 0 Å². The third-order valence-electron chi connectivity index (χ3n) is 8.76. The Balaban J connectivity index is 0.000000260. The predicted octanol–water partition coefficient (Wildman–Crippen LogP) is 6.48. The summed E-state index contributed by atoms with van der Waals surface area (Å²) in [5.41, 5.74) is 8.81. The minimum absolute atomic E-state index is 0. The number of benzene rings is 4. The molecule has 252 valence electrons. The van der Waals surface area contributed by atoms with Crippen molar-refractivity contribution < 1.29 is 49.0 Å². The number of rotatable bonds is 4. The summed E-state index contributed by atoms with van der Waals surface area (Å²) in [6.45, 7) is 22.6. The van der Waals surface area contributed by atoms with Gasteiger partial charge in [-0.15, -0.1) is 46.2 Å². The van der Waals surface area contributed by atoms with E-state index in [0.29, 0.717) is 11.8 Å². The molecule has 5 aromatic carbocycles. The van der Waals surface area contributed by atoms with Gasteiger partial charge in [0.1, 0.15) is 0 Å². The molecular formula is C45H52Cl2Zr-2. The van der Waals surface area contributed by atoms with E-state index in [-0.39, 0.29) is 35.6 Å². The van der Waals surface area contributed by atoms with E-state index in [1.54, 1.807) is 0 Å². The third-order valence-corrected chi connectivity index (χ3v) is 10.2. The molecule has 1 aliphatic rings. The molecule has 48 heavy (non-hydrogen) atoms. The molecule has 0 heterocycles. The van der Waals surface area contributed by atoms with Crippen LogP contribution in [0.2, 0.25) is 0 Å². The van der Waals surface area contributed by atoms with Crippen LogP contribution in [0.3, 0.4) is 0 Å². The molecule has 0 aromatic heterocycles. The zero-order valence-corrected chi connectivity index (χ0v) is 34.5. The summed E-state index contributed by atoms with van der Waals surface area (Å²) < 4.78 is 1.42. The van der Waals surface area contributed by atoms with E-state index >= 15 is 0 Å². The number of fused-ring (bicyclic) bond motifs is 3.